The summed E-state index contributed by atoms with van der Waals surface area (Å²) in [5.41, 5.74) is 4.06. The SMILES string of the molecule is O=C(C[C@H]1C[C@H](c2ccc(Br)cc2)N(CC(=O)NCCc2cc3ccccc3[nH]2)C1=O)NCc1ccccc1. The highest BCUT2D eigenvalue weighted by Crippen LogP contribution is 2.38. The summed E-state index contributed by atoms with van der Waals surface area (Å²) in [4.78, 5) is 44.1. The molecule has 2 atom stereocenters. The van der Waals surface area contributed by atoms with E-state index in [2.05, 4.69) is 37.6 Å². The van der Waals surface area contributed by atoms with Crippen LogP contribution in [0.1, 0.15) is 35.7 Å². The Balaban J connectivity index is 1.20. The van der Waals surface area contributed by atoms with Gasteiger partial charge in [-0.2, -0.15) is 0 Å². The van der Waals surface area contributed by atoms with Crippen molar-refractivity contribution in [2.24, 2.45) is 5.92 Å². The standard InChI is InChI=1S/C31H31BrN4O3/c32-25-12-10-22(11-13-25)28-17-24(18-29(37)34-19-21-6-2-1-3-7-21)31(39)36(28)20-30(38)33-15-14-26-16-23-8-4-5-9-27(23)35-26/h1-13,16,24,28,35H,14-15,17-20H2,(H,33,38)(H,34,37)/t24-,28-/m1/s1. The lowest BCUT2D eigenvalue weighted by Gasteiger charge is -2.24. The Kier molecular flexibility index (Phi) is 8.42. The second kappa shape index (κ2) is 12.3. The molecule has 200 valence electrons. The predicted octanol–water partition coefficient (Wildman–Crippen LogP) is 4.89. The highest BCUT2D eigenvalue weighted by Gasteiger charge is 2.41. The third-order valence-electron chi connectivity index (χ3n) is 7.15. The summed E-state index contributed by atoms with van der Waals surface area (Å²) in [5.74, 6) is -1.02. The van der Waals surface area contributed by atoms with Crippen molar-refractivity contribution < 1.29 is 14.4 Å². The fourth-order valence-electron chi connectivity index (χ4n) is 5.15. The number of hydrogen-bond acceptors (Lipinski definition) is 3. The number of amides is 3. The number of carbonyl (C=O) groups excluding carboxylic acids is 3. The quantitative estimate of drug-likeness (QED) is 0.247. The van der Waals surface area contributed by atoms with E-state index >= 15 is 0 Å². The largest absolute Gasteiger partial charge is 0.358 e. The number of nitrogens with one attached hydrogen (secondary N) is 3. The van der Waals surface area contributed by atoms with E-state index in [0.29, 0.717) is 25.9 Å². The van der Waals surface area contributed by atoms with E-state index in [1.807, 2.05) is 78.9 Å². The van der Waals surface area contributed by atoms with E-state index in [0.717, 1.165) is 32.2 Å². The monoisotopic (exact) mass is 586 g/mol. The van der Waals surface area contributed by atoms with Crippen molar-refractivity contribution in [3.05, 3.63) is 106 Å². The van der Waals surface area contributed by atoms with Crippen LogP contribution in [0.15, 0.2) is 89.4 Å². The second-order valence-corrected chi connectivity index (χ2v) is 10.8. The van der Waals surface area contributed by atoms with Gasteiger partial charge >= 0.3 is 0 Å². The summed E-state index contributed by atoms with van der Waals surface area (Å²) in [7, 11) is 0. The summed E-state index contributed by atoms with van der Waals surface area (Å²) in [6, 6.07) is 27.3. The van der Waals surface area contributed by atoms with Gasteiger partial charge in [-0.05, 0) is 47.2 Å². The Bertz CT molecular complexity index is 1420. The van der Waals surface area contributed by atoms with Gasteiger partial charge in [-0.15, -0.1) is 0 Å². The highest BCUT2D eigenvalue weighted by molar-refractivity contribution is 9.10. The number of likely N-dealkylation sites (tertiary alicyclic amines) is 1. The molecule has 3 amide bonds. The number of H-pyrrole nitrogens is 1. The van der Waals surface area contributed by atoms with E-state index in [1.165, 1.54) is 0 Å². The van der Waals surface area contributed by atoms with E-state index < -0.39 is 5.92 Å². The molecule has 2 heterocycles. The van der Waals surface area contributed by atoms with Gasteiger partial charge in [0.25, 0.3) is 0 Å². The number of benzene rings is 3. The maximum absolute atomic E-state index is 13.4. The number of fused-ring (bicyclic) bond motifs is 1. The maximum Gasteiger partial charge on any atom is 0.239 e. The first kappa shape index (κ1) is 26.7. The zero-order chi connectivity index (χ0) is 27.2. The molecule has 3 N–H and O–H groups in total. The molecule has 0 radical (unpaired) electrons. The molecule has 1 saturated heterocycles. The topological polar surface area (TPSA) is 94.3 Å². The van der Waals surface area contributed by atoms with E-state index in [4.69, 9.17) is 0 Å². The summed E-state index contributed by atoms with van der Waals surface area (Å²) in [6.45, 7) is 0.829. The van der Waals surface area contributed by atoms with Crippen molar-refractivity contribution in [2.45, 2.75) is 31.8 Å². The zero-order valence-electron chi connectivity index (χ0n) is 21.5. The molecule has 1 aliphatic heterocycles. The van der Waals surface area contributed by atoms with E-state index in [1.54, 1.807) is 4.90 Å². The highest BCUT2D eigenvalue weighted by atomic mass is 79.9. The van der Waals surface area contributed by atoms with Crippen LogP contribution >= 0.6 is 15.9 Å². The molecular weight excluding hydrogens is 556 g/mol. The van der Waals surface area contributed by atoms with Crippen molar-refractivity contribution in [1.29, 1.82) is 0 Å². The fourth-order valence-corrected chi connectivity index (χ4v) is 5.42. The Hall–Kier alpha value is -3.91. The molecule has 0 spiro atoms. The molecule has 1 aliphatic rings. The molecule has 0 aliphatic carbocycles. The fraction of sp³-hybridized carbons (Fsp3) is 0.258. The lowest BCUT2D eigenvalue weighted by molar-refractivity contribution is -0.138. The Morgan fingerprint density at radius 3 is 2.44 bits per heavy atom. The summed E-state index contributed by atoms with van der Waals surface area (Å²) < 4.78 is 0.939. The van der Waals surface area contributed by atoms with Crippen LogP contribution < -0.4 is 10.6 Å². The molecule has 1 aromatic heterocycles. The number of nitrogens with zero attached hydrogens (tertiary/aromatic N) is 1. The van der Waals surface area contributed by atoms with Gasteiger partial charge in [0.05, 0.1) is 6.04 Å². The molecular formula is C31H31BrN4O3. The molecule has 0 unspecified atom stereocenters. The van der Waals surface area contributed by atoms with Crippen LogP contribution in [0.5, 0.6) is 0 Å². The molecule has 39 heavy (non-hydrogen) atoms. The minimum atomic E-state index is -0.478. The number of para-hydroxylation sites is 1. The first-order valence-electron chi connectivity index (χ1n) is 13.2. The second-order valence-electron chi connectivity index (χ2n) is 9.91. The van der Waals surface area contributed by atoms with E-state index in [-0.39, 0.29) is 36.7 Å². The van der Waals surface area contributed by atoms with Crippen LogP contribution in [0.3, 0.4) is 0 Å². The van der Waals surface area contributed by atoms with E-state index in [9.17, 15) is 14.4 Å². The number of aromatic amines is 1. The Morgan fingerprint density at radius 1 is 0.923 bits per heavy atom. The van der Waals surface area contributed by atoms with Gasteiger partial charge in [0, 0.05) is 47.5 Å². The molecule has 0 saturated carbocycles. The summed E-state index contributed by atoms with van der Waals surface area (Å²) in [6.07, 6.45) is 1.24. The van der Waals surface area contributed by atoms with Crippen molar-refractivity contribution in [2.75, 3.05) is 13.1 Å². The smallest absolute Gasteiger partial charge is 0.239 e. The van der Waals surface area contributed by atoms with Crippen molar-refractivity contribution in [3.8, 4) is 0 Å². The normalized spacial score (nSPS) is 16.9. The van der Waals surface area contributed by atoms with Gasteiger partial charge in [0.1, 0.15) is 6.54 Å². The van der Waals surface area contributed by atoms with Crippen LogP contribution in [-0.2, 0) is 27.3 Å². The van der Waals surface area contributed by atoms with Gasteiger partial charge in [-0.3, -0.25) is 14.4 Å². The molecule has 0 bridgehead atoms. The third kappa shape index (κ3) is 6.75. The predicted molar refractivity (Wildman–Crippen MR) is 155 cm³/mol. The third-order valence-corrected chi connectivity index (χ3v) is 7.68. The number of rotatable bonds is 10. The van der Waals surface area contributed by atoms with Gasteiger partial charge in [-0.25, -0.2) is 0 Å². The average molecular weight is 588 g/mol. The van der Waals surface area contributed by atoms with Gasteiger partial charge < -0.3 is 20.5 Å². The van der Waals surface area contributed by atoms with Gasteiger partial charge in [-0.1, -0.05) is 76.6 Å². The molecule has 1 fully saturated rings. The zero-order valence-corrected chi connectivity index (χ0v) is 23.1. The van der Waals surface area contributed by atoms with Crippen molar-refractivity contribution in [3.63, 3.8) is 0 Å². The molecule has 5 rings (SSSR count). The first-order valence-corrected chi connectivity index (χ1v) is 14.0. The molecule has 7 nitrogen and oxygen atoms in total. The van der Waals surface area contributed by atoms with Crippen LogP contribution in [0.25, 0.3) is 10.9 Å². The van der Waals surface area contributed by atoms with Gasteiger partial charge in [0.2, 0.25) is 17.7 Å². The van der Waals surface area contributed by atoms with Crippen LogP contribution in [-0.4, -0.2) is 40.7 Å². The van der Waals surface area contributed by atoms with Gasteiger partial charge in [0.15, 0.2) is 0 Å². The number of aromatic nitrogens is 1. The maximum atomic E-state index is 13.4. The lowest BCUT2D eigenvalue weighted by atomic mass is 9.97. The number of carbonyl (C=O) groups is 3. The Labute approximate surface area is 236 Å². The summed E-state index contributed by atoms with van der Waals surface area (Å²) in [5, 5.41) is 7.01. The molecule has 3 aromatic carbocycles. The minimum absolute atomic E-state index is 0.0472. The van der Waals surface area contributed by atoms with Crippen molar-refractivity contribution >= 4 is 44.6 Å². The molecule has 4 aromatic rings. The molecule has 8 heteroatoms. The van der Waals surface area contributed by atoms with Crippen LogP contribution in [0.4, 0.5) is 0 Å². The average Bonchev–Trinajstić information content (AvgIpc) is 3.49. The lowest BCUT2D eigenvalue weighted by Crippen LogP contribution is -2.40. The van der Waals surface area contributed by atoms with Crippen LogP contribution in [0, 0.1) is 5.92 Å². The first-order chi connectivity index (χ1) is 19.0. The minimum Gasteiger partial charge on any atom is -0.358 e. The summed E-state index contributed by atoms with van der Waals surface area (Å²) >= 11 is 3.46. The number of halogens is 1. The Morgan fingerprint density at radius 2 is 1.67 bits per heavy atom. The number of hydrogen-bond donors (Lipinski definition) is 3. The van der Waals surface area contributed by atoms with Crippen LogP contribution in [0.2, 0.25) is 0 Å². The van der Waals surface area contributed by atoms with Crippen molar-refractivity contribution in [1.82, 2.24) is 20.5 Å².